The molecule has 3 aromatic rings. The van der Waals surface area contributed by atoms with Gasteiger partial charge in [0.25, 0.3) is 0 Å². The van der Waals surface area contributed by atoms with Gasteiger partial charge < -0.3 is 5.48 Å². The van der Waals surface area contributed by atoms with Crippen LogP contribution in [0.2, 0.25) is 15.1 Å². The van der Waals surface area contributed by atoms with Crippen molar-refractivity contribution in [2.75, 3.05) is 0 Å². The average Bonchev–Trinajstić information content (AvgIpc) is 2.53. The molecule has 5 heteroatoms. The van der Waals surface area contributed by atoms with Crippen LogP contribution in [0, 0.1) is 0 Å². The molecule has 23 heavy (non-hydrogen) atoms. The summed E-state index contributed by atoms with van der Waals surface area (Å²) in [5.41, 5.74) is 0. The molecule has 0 fully saturated rings. The fourth-order valence-corrected chi connectivity index (χ4v) is 9.86. The van der Waals surface area contributed by atoms with Crippen LogP contribution in [0.1, 0.15) is 0 Å². The minimum Gasteiger partial charge on any atom is -0.870 e. The summed E-state index contributed by atoms with van der Waals surface area (Å²) in [6.07, 6.45) is 0. The van der Waals surface area contributed by atoms with E-state index in [-0.39, 0.29) is 5.48 Å². The van der Waals surface area contributed by atoms with Crippen LogP contribution in [0.4, 0.5) is 0 Å². The zero-order valence-corrected chi connectivity index (χ0v) is 17.1. The first-order valence-corrected chi connectivity index (χ1v) is 12.2. The molecule has 0 aliphatic rings. The molecule has 0 atom stereocenters. The molecular weight excluding hydrogens is 457 g/mol. The van der Waals surface area contributed by atoms with E-state index in [1.807, 2.05) is 36.4 Å². The zero-order chi connectivity index (χ0) is 15.5. The molecule has 0 amide bonds. The molecule has 0 aromatic heterocycles. The summed E-state index contributed by atoms with van der Waals surface area (Å²) in [4.78, 5) is 0. The Morgan fingerprint density at radius 2 is 0.652 bits per heavy atom. The molecule has 0 aliphatic carbocycles. The van der Waals surface area contributed by atoms with Crippen molar-refractivity contribution in [3.8, 4) is 0 Å². The normalized spacial score (nSPS) is 10.0. The second-order valence-corrected chi connectivity index (χ2v) is 13.3. The second-order valence-electron chi connectivity index (χ2n) is 4.90. The van der Waals surface area contributed by atoms with Gasteiger partial charge in [-0.2, -0.15) is 0 Å². The molecule has 0 saturated carbocycles. The van der Waals surface area contributed by atoms with E-state index in [0.717, 1.165) is 15.1 Å². The van der Waals surface area contributed by atoms with Gasteiger partial charge in [-0.1, -0.05) is 0 Å². The quantitative estimate of drug-likeness (QED) is 0.533. The van der Waals surface area contributed by atoms with Gasteiger partial charge in [-0.25, -0.2) is 0 Å². The Kier molecular flexibility index (Phi) is 6.81. The number of rotatable bonds is 3. The Bertz CT molecular complexity index is 648. The van der Waals surface area contributed by atoms with Crippen molar-refractivity contribution in [3.63, 3.8) is 0 Å². The van der Waals surface area contributed by atoms with Crippen molar-refractivity contribution in [2.24, 2.45) is 0 Å². The van der Waals surface area contributed by atoms with Crippen LogP contribution in [0.25, 0.3) is 0 Å². The van der Waals surface area contributed by atoms with Crippen LogP contribution < -0.4 is 10.7 Å². The molecule has 1 nitrogen and oxygen atoms in total. The average molecular weight is 470 g/mol. The van der Waals surface area contributed by atoms with E-state index in [9.17, 15) is 0 Å². The number of hydrogen-bond donors (Lipinski definition) is 0. The fourth-order valence-electron chi connectivity index (χ4n) is 2.35. The van der Waals surface area contributed by atoms with E-state index in [2.05, 4.69) is 36.4 Å². The first kappa shape index (κ1) is 18.6. The van der Waals surface area contributed by atoms with Gasteiger partial charge in [0.2, 0.25) is 0 Å². The van der Waals surface area contributed by atoms with Crippen molar-refractivity contribution in [1.29, 1.82) is 0 Å². The summed E-state index contributed by atoms with van der Waals surface area (Å²) < 4.78 is 4.12. The van der Waals surface area contributed by atoms with Gasteiger partial charge in [-0.3, -0.25) is 0 Å². The van der Waals surface area contributed by atoms with Gasteiger partial charge >= 0.3 is 153 Å². The topological polar surface area (TPSA) is 30.0 Å². The van der Waals surface area contributed by atoms with Gasteiger partial charge in [0.05, 0.1) is 0 Å². The van der Waals surface area contributed by atoms with Crippen molar-refractivity contribution >= 4 is 65.3 Å². The number of hydrogen-bond acceptors (Lipinski definition) is 1. The summed E-state index contributed by atoms with van der Waals surface area (Å²) >= 11 is 15.9. The second kappa shape index (κ2) is 8.41. The Balaban J connectivity index is 0.00000192. The fraction of sp³-hybridized carbons (Fsp3) is 0. The van der Waals surface area contributed by atoms with Crippen LogP contribution in [0.3, 0.4) is 0 Å². The van der Waals surface area contributed by atoms with Crippen molar-refractivity contribution in [2.45, 2.75) is 0 Å². The molecule has 0 unspecified atom stereocenters. The predicted octanol–water partition coefficient (Wildman–Crippen LogP) is 3.99. The molecule has 0 radical (unpaired) electrons. The maximum Gasteiger partial charge on any atom is -0.870 e. The van der Waals surface area contributed by atoms with E-state index in [0.29, 0.717) is 0 Å². The Morgan fingerprint density at radius 3 is 0.870 bits per heavy atom. The summed E-state index contributed by atoms with van der Waals surface area (Å²) in [7, 11) is 0. The van der Waals surface area contributed by atoms with Gasteiger partial charge in [0, 0.05) is 0 Å². The van der Waals surface area contributed by atoms with Crippen LogP contribution in [0.15, 0.2) is 72.8 Å². The third-order valence-corrected chi connectivity index (χ3v) is 12.0. The first-order valence-electron chi connectivity index (χ1n) is 6.78. The molecule has 0 spiro atoms. The zero-order valence-electron chi connectivity index (χ0n) is 12.0. The van der Waals surface area contributed by atoms with E-state index in [1.54, 1.807) is 0 Å². The molecule has 0 heterocycles. The van der Waals surface area contributed by atoms with E-state index >= 15 is 0 Å². The molecule has 3 rings (SSSR count). The first-order chi connectivity index (χ1) is 10.6. The molecular formula is C18H13Cl3OSn. The number of halogens is 3. The van der Waals surface area contributed by atoms with Crippen molar-refractivity contribution < 1.29 is 5.48 Å². The smallest absolute Gasteiger partial charge is 0.870 e. The molecule has 116 valence electrons. The minimum atomic E-state index is -2.24. The van der Waals surface area contributed by atoms with Crippen LogP contribution >= 0.6 is 34.8 Å². The monoisotopic (exact) mass is 470 g/mol. The van der Waals surface area contributed by atoms with Crippen molar-refractivity contribution in [1.82, 2.24) is 0 Å². The van der Waals surface area contributed by atoms with E-state index < -0.39 is 19.8 Å². The van der Waals surface area contributed by atoms with Crippen LogP contribution in [0.5, 0.6) is 0 Å². The maximum absolute atomic E-state index is 6.04. The van der Waals surface area contributed by atoms with Gasteiger partial charge in [-0.05, 0) is 0 Å². The van der Waals surface area contributed by atoms with Crippen LogP contribution in [-0.4, -0.2) is 25.2 Å². The summed E-state index contributed by atoms with van der Waals surface area (Å²) in [6, 6.07) is 24.6. The largest absolute Gasteiger partial charge is 0.870 e. The summed E-state index contributed by atoms with van der Waals surface area (Å²) in [6.45, 7) is 0. The Morgan fingerprint density at radius 1 is 0.435 bits per heavy atom. The van der Waals surface area contributed by atoms with Gasteiger partial charge in [0.15, 0.2) is 0 Å². The SMILES string of the molecule is Clc1cc[c]([Sn+]([c]2ccc(Cl)cc2)[c]2ccc(Cl)cc2)cc1.[OH-]. The summed E-state index contributed by atoms with van der Waals surface area (Å²) in [5.74, 6) is 0. The molecule has 3 aromatic carbocycles. The molecule has 0 bridgehead atoms. The van der Waals surface area contributed by atoms with Gasteiger partial charge in [0.1, 0.15) is 0 Å². The Labute approximate surface area is 157 Å². The molecule has 1 N–H and O–H groups in total. The van der Waals surface area contributed by atoms with E-state index in [1.165, 1.54) is 10.7 Å². The van der Waals surface area contributed by atoms with Gasteiger partial charge in [-0.15, -0.1) is 0 Å². The third-order valence-electron chi connectivity index (χ3n) is 3.40. The van der Waals surface area contributed by atoms with Crippen LogP contribution in [-0.2, 0) is 0 Å². The standard InChI is InChI=1S/3C6H4Cl.H2O.Sn/c3*7-6-4-2-1-3-5-6;;/h3*2-5H;1H2;/q;;;;+1/p-1. The summed E-state index contributed by atoms with van der Waals surface area (Å²) in [5, 5.41) is 2.29. The molecule has 0 aliphatic heterocycles. The van der Waals surface area contributed by atoms with E-state index in [4.69, 9.17) is 34.8 Å². The number of benzene rings is 3. The Hall–Kier alpha value is -0.711. The predicted molar refractivity (Wildman–Crippen MR) is 101 cm³/mol. The third kappa shape index (κ3) is 4.65. The molecule has 0 saturated heterocycles. The maximum atomic E-state index is 6.04. The van der Waals surface area contributed by atoms with Crippen molar-refractivity contribution in [3.05, 3.63) is 87.9 Å². The minimum absolute atomic E-state index is 0.